The molecule has 10 heteroatoms. The van der Waals surface area contributed by atoms with Crippen LogP contribution in [0.15, 0.2) is 42.5 Å². The highest BCUT2D eigenvalue weighted by atomic mass is 35.5. The zero-order valence-electron chi connectivity index (χ0n) is 17.0. The second-order valence-corrected chi connectivity index (χ2v) is 8.41. The van der Waals surface area contributed by atoms with Gasteiger partial charge in [0.2, 0.25) is 0 Å². The third-order valence-electron chi connectivity index (χ3n) is 4.99. The molecular weight excluding hydrogens is 476 g/mol. The van der Waals surface area contributed by atoms with Crippen LogP contribution < -0.4 is 5.32 Å². The Bertz CT molecular complexity index is 1330. The Labute approximate surface area is 198 Å². The van der Waals surface area contributed by atoms with Crippen LogP contribution in [0.2, 0.25) is 15.1 Å². The van der Waals surface area contributed by atoms with Crippen molar-refractivity contribution in [2.24, 2.45) is 0 Å². The Morgan fingerprint density at radius 3 is 2.56 bits per heavy atom. The zero-order valence-corrected chi connectivity index (χ0v) is 19.3. The lowest BCUT2D eigenvalue weighted by Crippen LogP contribution is -2.14. The lowest BCUT2D eigenvalue weighted by Gasteiger charge is -2.08. The third kappa shape index (κ3) is 4.50. The number of H-pyrrole nitrogens is 1. The van der Waals surface area contributed by atoms with Crippen LogP contribution in [-0.4, -0.2) is 25.9 Å². The van der Waals surface area contributed by atoms with E-state index in [0.29, 0.717) is 38.7 Å². The van der Waals surface area contributed by atoms with E-state index in [2.05, 4.69) is 20.6 Å². The lowest BCUT2D eigenvalue weighted by molar-refractivity contribution is 0.102. The summed E-state index contributed by atoms with van der Waals surface area (Å²) in [6.45, 7) is 3.97. The molecule has 0 aliphatic rings. The summed E-state index contributed by atoms with van der Waals surface area (Å²) in [4.78, 5) is 12.8. The number of aromatic nitrogens is 4. The molecule has 0 atom stereocenters. The fourth-order valence-electron chi connectivity index (χ4n) is 3.27. The number of rotatable bonds is 5. The Kier molecular flexibility index (Phi) is 6.24. The van der Waals surface area contributed by atoms with Gasteiger partial charge < -0.3 is 5.32 Å². The fraction of sp³-hybridized carbons (Fsp3) is 0.136. The molecule has 2 heterocycles. The maximum Gasteiger partial charge on any atom is 0.273 e. The van der Waals surface area contributed by atoms with Crippen molar-refractivity contribution in [3.8, 4) is 11.3 Å². The van der Waals surface area contributed by atoms with Crippen molar-refractivity contribution in [2.75, 3.05) is 5.32 Å². The van der Waals surface area contributed by atoms with Gasteiger partial charge in [0.05, 0.1) is 39.4 Å². The van der Waals surface area contributed by atoms with E-state index in [1.807, 2.05) is 6.92 Å². The molecule has 164 valence electrons. The average molecular weight is 493 g/mol. The van der Waals surface area contributed by atoms with Crippen molar-refractivity contribution >= 4 is 46.4 Å². The van der Waals surface area contributed by atoms with E-state index < -0.39 is 5.82 Å². The molecule has 0 saturated heterocycles. The number of nitrogens with zero attached hydrogens (tertiary/aromatic N) is 3. The van der Waals surface area contributed by atoms with Crippen LogP contribution in [0.1, 0.15) is 27.4 Å². The molecule has 0 fully saturated rings. The first-order chi connectivity index (χ1) is 15.2. The van der Waals surface area contributed by atoms with E-state index in [4.69, 9.17) is 34.8 Å². The Morgan fingerprint density at radius 1 is 1.06 bits per heavy atom. The summed E-state index contributed by atoms with van der Waals surface area (Å²) in [5, 5.41) is 15.4. The number of hydrogen-bond donors (Lipinski definition) is 2. The van der Waals surface area contributed by atoms with E-state index in [1.54, 1.807) is 41.9 Å². The summed E-state index contributed by atoms with van der Waals surface area (Å²) < 4.78 is 15.0. The molecule has 0 saturated carbocycles. The smallest absolute Gasteiger partial charge is 0.273 e. The van der Waals surface area contributed by atoms with Gasteiger partial charge in [0.25, 0.3) is 5.91 Å². The molecule has 2 aromatic heterocycles. The van der Waals surface area contributed by atoms with Crippen LogP contribution in [0.3, 0.4) is 0 Å². The van der Waals surface area contributed by atoms with E-state index >= 15 is 0 Å². The van der Waals surface area contributed by atoms with Crippen LogP contribution >= 0.6 is 34.8 Å². The van der Waals surface area contributed by atoms with Crippen LogP contribution in [0.4, 0.5) is 10.1 Å². The highest BCUT2D eigenvalue weighted by Crippen LogP contribution is 2.28. The average Bonchev–Trinajstić information content (AvgIpc) is 3.33. The van der Waals surface area contributed by atoms with E-state index in [1.165, 1.54) is 12.1 Å². The van der Waals surface area contributed by atoms with E-state index in [-0.39, 0.29) is 11.6 Å². The van der Waals surface area contributed by atoms with Crippen LogP contribution in [-0.2, 0) is 6.54 Å². The van der Waals surface area contributed by atoms with Crippen LogP contribution in [0, 0.1) is 19.7 Å². The molecule has 0 radical (unpaired) electrons. The summed E-state index contributed by atoms with van der Waals surface area (Å²) >= 11 is 18.2. The summed E-state index contributed by atoms with van der Waals surface area (Å²) in [6, 6.07) is 11.0. The van der Waals surface area contributed by atoms with Gasteiger partial charge >= 0.3 is 0 Å². The standard InChI is InChI=1S/C22H17Cl3FN5O/c1-11-21(12(2)31(30-11)10-14-3-5-15(26)8-17(14)24)27-22(32)20-9-19(28-29-20)13-4-6-16(23)18(25)7-13/h3-9H,10H2,1-2H3,(H,27,32)(H,28,29). The van der Waals surface area contributed by atoms with Crippen molar-refractivity contribution in [1.29, 1.82) is 0 Å². The number of carbonyl (C=O) groups excluding carboxylic acids is 1. The van der Waals surface area contributed by atoms with Gasteiger partial charge in [-0.2, -0.15) is 10.2 Å². The topological polar surface area (TPSA) is 75.6 Å². The van der Waals surface area contributed by atoms with Gasteiger partial charge in [0, 0.05) is 10.6 Å². The van der Waals surface area contributed by atoms with Gasteiger partial charge in [-0.15, -0.1) is 0 Å². The van der Waals surface area contributed by atoms with Gasteiger partial charge in [-0.05, 0) is 49.7 Å². The third-order valence-corrected chi connectivity index (χ3v) is 6.08. The van der Waals surface area contributed by atoms with Gasteiger partial charge in [0.1, 0.15) is 11.5 Å². The van der Waals surface area contributed by atoms with Gasteiger partial charge in [-0.1, -0.05) is 46.9 Å². The Balaban J connectivity index is 1.54. The first-order valence-corrected chi connectivity index (χ1v) is 10.7. The molecule has 0 spiro atoms. The number of aryl methyl sites for hydroxylation is 1. The maximum atomic E-state index is 13.3. The summed E-state index contributed by atoms with van der Waals surface area (Å²) in [5.41, 5.74) is 4.24. The van der Waals surface area contributed by atoms with Gasteiger partial charge in [0.15, 0.2) is 0 Å². The lowest BCUT2D eigenvalue weighted by atomic mass is 10.1. The van der Waals surface area contributed by atoms with Crippen molar-refractivity contribution in [3.05, 3.63) is 86.0 Å². The largest absolute Gasteiger partial charge is 0.318 e. The Hall–Kier alpha value is -2.87. The van der Waals surface area contributed by atoms with E-state index in [9.17, 15) is 9.18 Å². The molecule has 0 aliphatic carbocycles. The number of halogens is 4. The Morgan fingerprint density at radius 2 is 1.84 bits per heavy atom. The van der Waals surface area contributed by atoms with Crippen LogP contribution in [0.25, 0.3) is 11.3 Å². The number of amides is 1. The number of anilines is 1. The van der Waals surface area contributed by atoms with E-state index in [0.717, 1.165) is 16.8 Å². The normalized spacial score (nSPS) is 11.1. The number of carbonyl (C=O) groups is 1. The molecule has 0 aliphatic heterocycles. The highest BCUT2D eigenvalue weighted by molar-refractivity contribution is 6.42. The molecule has 2 aromatic carbocycles. The molecule has 4 rings (SSSR count). The number of hydrogen-bond acceptors (Lipinski definition) is 3. The molecule has 2 N–H and O–H groups in total. The zero-order chi connectivity index (χ0) is 23.0. The number of nitrogens with one attached hydrogen (secondary N) is 2. The number of aromatic amines is 1. The van der Waals surface area contributed by atoms with Gasteiger partial charge in [-0.25, -0.2) is 4.39 Å². The second-order valence-electron chi connectivity index (χ2n) is 7.19. The first-order valence-electron chi connectivity index (χ1n) is 9.53. The number of benzene rings is 2. The van der Waals surface area contributed by atoms with Crippen molar-refractivity contribution in [2.45, 2.75) is 20.4 Å². The SMILES string of the molecule is Cc1nn(Cc2ccc(F)cc2Cl)c(C)c1NC(=O)c1cc(-c2ccc(Cl)c(Cl)c2)n[nH]1. The summed E-state index contributed by atoms with van der Waals surface area (Å²) in [6.07, 6.45) is 0. The summed E-state index contributed by atoms with van der Waals surface area (Å²) in [5.74, 6) is -0.769. The molecule has 0 unspecified atom stereocenters. The molecular formula is C22H17Cl3FN5O. The molecule has 32 heavy (non-hydrogen) atoms. The van der Waals surface area contributed by atoms with Crippen LogP contribution in [0.5, 0.6) is 0 Å². The van der Waals surface area contributed by atoms with Gasteiger partial charge in [-0.3, -0.25) is 14.6 Å². The quantitative estimate of drug-likeness (QED) is 0.344. The molecule has 4 aromatic rings. The highest BCUT2D eigenvalue weighted by Gasteiger charge is 2.18. The first kappa shape index (κ1) is 22.3. The molecule has 6 nitrogen and oxygen atoms in total. The minimum Gasteiger partial charge on any atom is -0.318 e. The van der Waals surface area contributed by atoms with Crippen molar-refractivity contribution in [1.82, 2.24) is 20.0 Å². The monoisotopic (exact) mass is 491 g/mol. The second kappa shape index (κ2) is 8.94. The summed E-state index contributed by atoms with van der Waals surface area (Å²) in [7, 11) is 0. The van der Waals surface area contributed by atoms with Crippen molar-refractivity contribution in [3.63, 3.8) is 0 Å². The molecule has 1 amide bonds. The fourth-order valence-corrected chi connectivity index (χ4v) is 3.79. The minimum atomic E-state index is -0.403. The molecule has 0 bridgehead atoms. The maximum absolute atomic E-state index is 13.3. The minimum absolute atomic E-state index is 0.277. The predicted molar refractivity (Wildman–Crippen MR) is 124 cm³/mol. The van der Waals surface area contributed by atoms with Crippen molar-refractivity contribution < 1.29 is 9.18 Å². The predicted octanol–water partition coefficient (Wildman–Crippen LogP) is 6.29.